The largest absolute Gasteiger partial charge is 0.344 e. The first-order valence-corrected chi connectivity index (χ1v) is 10.3. The topological polar surface area (TPSA) is 83.0 Å². The second-order valence-electron chi connectivity index (χ2n) is 7.58. The van der Waals surface area contributed by atoms with Crippen LogP contribution in [0.3, 0.4) is 0 Å². The van der Waals surface area contributed by atoms with Gasteiger partial charge in [-0.25, -0.2) is 0 Å². The van der Waals surface area contributed by atoms with Gasteiger partial charge in [-0.1, -0.05) is 48.0 Å². The molecule has 7 heteroatoms. The molecule has 0 aromatic heterocycles. The number of piperazine rings is 1. The Morgan fingerprint density at radius 3 is 2.20 bits per heavy atom. The highest BCUT2D eigenvalue weighted by molar-refractivity contribution is 6.35. The molecule has 0 saturated carbocycles. The van der Waals surface area contributed by atoms with E-state index in [-0.39, 0.29) is 5.91 Å². The average molecular weight is 410 g/mol. The summed E-state index contributed by atoms with van der Waals surface area (Å²) in [7, 11) is 0. The molecule has 1 aliphatic heterocycles. The number of carbonyl (C=O) groups excluding carboxylic acids is 3. The summed E-state index contributed by atoms with van der Waals surface area (Å²) in [4.78, 5) is 39.6. The maximum absolute atomic E-state index is 12.6. The van der Waals surface area contributed by atoms with E-state index in [1.807, 2.05) is 66.4 Å². The Hall–Kier alpha value is -3.19. The Kier molecular flexibility index (Phi) is 7.57. The lowest BCUT2D eigenvalue weighted by atomic mass is 10.1. The van der Waals surface area contributed by atoms with Crippen LogP contribution in [0, 0.1) is 6.92 Å². The van der Waals surface area contributed by atoms with E-state index in [9.17, 15) is 14.4 Å². The first-order valence-electron chi connectivity index (χ1n) is 10.3. The smallest absolute Gasteiger partial charge is 0.309 e. The second-order valence-corrected chi connectivity index (χ2v) is 7.58. The maximum Gasteiger partial charge on any atom is 0.309 e. The van der Waals surface area contributed by atoms with Crippen LogP contribution in [0.1, 0.15) is 21.5 Å². The summed E-state index contributed by atoms with van der Waals surface area (Å²) in [6.07, 6.45) is 0. The van der Waals surface area contributed by atoms with Crippen molar-refractivity contribution in [1.82, 2.24) is 15.5 Å². The second kappa shape index (κ2) is 10.5. The molecule has 2 aromatic carbocycles. The van der Waals surface area contributed by atoms with E-state index < -0.39 is 11.8 Å². The molecule has 0 unspecified atom stereocenters. The van der Waals surface area contributed by atoms with Crippen molar-refractivity contribution in [1.29, 1.82) is 0 Å². The quantitative estimate of drug-likeness (QED) is 0.577. The third kappa shape index (κ3) is 6.15. The molecule has 7 nitrogen and oxygen atoms in total. The number of benzene rings is 2. The minimum Gasteiger partial charge on any atom is -0.344 e. The van der Waals surface area contributed by atoms with Gasteiger partial charge in [-0.05, 0) is 24.6 Å². The summed E-state index contributed by atoms with van der Waals surface area (Å²) in [6.45, 7) is 6.52. The van der Waals surface area contributed by atoms with E-state index in [2.05, 4.69) is 10.6 Å². The van der Waals surface area contributed by atoms with Crippen molar-refractivity contribution in [3.8, 4) is 0 Å². The van der Waals surface area contributed by atoms with Gasteiger partial charge in [0.15, 0.2) is 0 Å². The number of quaternary nitrogens is 1. The van der Waals surface area contributed by atoms with Gasteiger partial charge in [0, 0.05) is 12.1 Å². The molecule has 158 valence electrons. The molecule has 2 aromatic rings. The molecule has 1 heterocycles. The molecule has 30 heavy (non-hydrogen) atoms. The Balaban J connectivity index is 1.33. The van der Waals surface area contributed by atoms with Crippen LogP contribution in [0.4, 0.5) is 0 Å². The molecule has 1 saturated heterocycles. The normalized spacial score (nSPS) is 14.2. The highest BCUT2D eigenvalue weighted by Gasteiger charge is 2.24. The first-order chi connectivity index (χ1) is 14.5. The van der Waals surface area contributed by atoms with Gasteiger partial charge in [-0.2, -0.15) is 0 Å². The molecular formula is C23H29N4O3+. The van der Waals surface area contributed by atoms with E-state index in [4.69, 9.17) is 0 Å². The van der Waals surface area contributed by atoms with Crippen molar-refractivity contribution >= 4 is 17.7 Å². The molecule has 0 bridgehead atoms. The number of rotatable bonds is 6. The fourth-order valence-corrected chi connectivity index (χ4v) is 3.45. The highest BCUT2D eigenvalue weighted by atomic mass is 16.2. The first kappa shape index (κ1) is 21.5. The van der Waals surface area contributed by atoms with Crippen LogP contribution in [0.25, 0.3) is 0 Å². The van der Waals surface area contributed by atoms with Crippen molar-refractivity contribution in [2.75, 3.05) is 39.3 Å². The Bertz CT molecular complexity index is 860. The van der Waals surface area contributed by atoms with Gasteiger partial charge in [0.05, 0.1) is 39.3 Å². The van der Waals surface area contributed by atoms with Crippen molar-refractivity contribution in [3.05, 3.63) is 71.3 Å². The fraction of sp³-hybridized carbons (Fsp3) is 0.348. The Morgan fingerprint density at radius 1 is 0.900 bits per heavy atom. The minimum absolute atomic E-state index is 0.0671. The average Bonchev–Trinajstić information content (AvgIpc) is 2.78. The van der Waals surface area contributed by atoms with Crippen molar-refractivity contribution in [2.24, 2.45) is 0 Å². The van der Waals surface area contributed by atoms with Gasteiger partial charge in [0.2, 0.25) is 0 Å². The lowest BCUT2D eigenvalue weighted by Crippen LogP contribution is -3.15. The molecule has 3 N–H and O–H groups in total. The Morgan fingerprint density at radius 2 is 1.53 bits per heavy atom. The summed E-state index contributed by atoms with van der Waals surface area (Å²) in [5.41, 5.74) is 2.80. The molecule has 3 amide bonds. The zero-order chi connectivity index (χ0) is 21.3. The number of hydrogen-bond donors (Lipinski definition) is 3. The summed E-state index contributed by atoms with van der Waals surface area (Å²) in [5, 5.41) is 5.30. The van der Waals surface area contributed by atoms with E-state index in [0.717, 1.165) is 36.3 Å². The molecule has 1 aliphatic rings. The molecule has 1 fully saturated rings. The van der Waals surface area contributed by atoms with Crippen LogP contribution in [0.2, 0.25) is 0 Å². The predicted octanol–water partition coefficient (Wildman–Crippen LogP) is -0.232. The van der Waals surface area contributed by atoms with Crippen molar-refractivity contribution in [3.63, 3.8) is 0 Å². The number of carbonyl (C=O) groups is 3. The van der Waals surface area contributed by atoms with Gasteiger partial charge in [0.1, 0.15) is 0 Å². The molecule has 0 atom stereocenters. The third-order valence-electron chi connectivity index (χ3n) is 5.32. The third-order valence-corrected chi connectivity index (χ3v) is 5.32. The summed E-state index contributed by atoms with van der Waals surface area (Å²) in [6, 6.07) is 17.1. The standard InChI is InChI=1S/C23H28N4O3/c1-18-7-9-20(10-8-18)23(30)27-15-13-26(14-16-27)12-11-24-21(28)22(29)25-17-19-5-3-2-4-6-19/h2-10H,11-17H2,1H3,(H,24,28)(H,25,29)/p+1. The van der Waals surface area contributed by atoms with Crippen molar-refractivity contribution in [2.45, 2.75) is 13.5 Å². The summed E-state index contributed by atoms with van der Waals surface area (Å²) in [5.74, 6) is -1.17. The van der Waals surface area contributed by atoms with Gasteiger partial charge in [0.25, 0.3) is 5.91 Å². The zero-order valence-electron chi connectivity index (χ0n) is 17.3. The minimum atomic E-state index is -0.623. The zero-order valence-corrected chi connectivity index (χ0v) is 17.3. The van der Waals surface area contributed by atoms with Crippen LogP contribution >= 0.6 is 0 Å². The number of hydrogen-bond acceptors (Lipinski definition) is 3. The van der Waals surface area contributed by atoms with E-state index >= 15 is 0 Å². The molecular weight excluding hydrogens is 380 g/mol. The number of aryl methyl sites for hydroxylation is 1. The van der Waals surface area contributed by atoms with Crippen LogP contribution < -0.4 is 15.5 Å². The van der Waals surface area contributed by atoms with Gasteiger partial charge in [-0.3, -0.25) is 14.4 Å². The molecule has 3 rings (SSSR count). The molecule has 0 spiro atoms. The van der Waals surface area contributed by atoms with Gasteiger partial charge >= 0.3 is 11.8 Å². The van der Waals surface area contributed by atoms with E-state index in [1.54, 1.807) is 0 Å². The monoisotopic (exact) mass is 409 g/mol. The highest BCUT2D eigenvalue weighted by Crippen LogP contribution is 2.07. The van der Waals surface area contributed by atoms with Gasteiger partial charge in [-0.15, -0.1) is 0 Å². The molecule has 0 radical (unpaired) electrons. The summed E-state index contributed by atoms with van der Waals surface area (Å²) < 4.78 is 0. The van der Waals surface area contributed by atoms with Gasteiger partial charge < -0.3 is 20.4 Å². The SMILES string of the molecule is Cc1ccc(C(=O)N2CC[NH+](CCNC(=O)C(=O)NCc3ccccc3)CC2)cc1. The number of nitrogens with one attached hydrogen (secondary N) is 3. The van der Waals surface area contributed by atoms with Crippen LogP contribution in [0.5, 0.6) is 0 Å². The lowest BCUT2D eigenvalue weighted by molar-refractivity contribution is -0.902. The summed E-state index contributed by atoms with van der Waals surface area (Å²) >= 11 is 0. The fourth-order valence-electron chi connectivity index (χ4n) is 3.45. The van der Waals surface area contributed by atoms with Crippen LogP contribution in [-0.2, 0) is 16.1 Å². The Labute approximate surface area is 177 Å². The lowest BCUT2D eigenvalue weighted by Gasteiger charge is -2.32. The predicted molar refractivity (Wildman–Crippen MR) is 114 cm³/mol. The maximum atomic E-state index is 12.6. The van der Waals surface area contributed by atoms with E-state index in [1.165, 1.54) is 4.90 Å². The van der Waals surface area contributed by atoms with Crippen LogP contribution in [0.15, 0.2) is 54.6 Å². The van der Waals surface area contributed by atoms with Crippen molar-refractivity contribution < 1.29 is 19.3 Å². The number of nitrogens with zero attached hydrogens (tertiary/aromatic N) is 1. The molecule has 0 aliphatic carbocycles. The number of amides is 3. The van der Waals surface area contributed by atoms with E-state index in [0.29, 0.717) is 26.2 Å². The van der Waals surface area contributed by atoms with Crippen LogP contribution in [-0.4, -0.2) is 61.9 Å².